The zero-order valence-corrected chi connectivity index (χ0v) is 12.7. The van der Waals surface area contributed by atoms with Crippen molar-refractivity contribution in [2.45, 2.75) is 24.8 Å². The molecule has 2 atom stereocenters. The summed E-state index contributed by atoms with van der Waals surface area (Å²) in [4.78, 5) is 1.42. The fourth-order valence-electron chi connectivity index (χ4n) is 2.75. The molecule has 1 N–H and O–H groups in total. The summed E-state index contributed by atoms with van der Waals surface area (Å²) in [5, 5.41) is 3.45. The highest BCUT2D eigenvalue weighted by atomic mass is 79.9. The maximum absolute atomic E-state index is 3.54. The molecule has 0 fully saturated rings. The number of hydrogen-bond acceptors (Lipinski definition) is 2. The number of fused-ring (bicyclic) bond motifs is 1. The quantitative estimate of drug-likeness (QED) is 0.874. The molecule has 1 aromatic carbocycles. The molecule has 1 heterocycles. The van der Waals surface area contributed by atoms with Crippen LogP contribution in [-0.4, -0.2) is 7.05 Å². The van der Waals surface area contributed by atoms with Crippen LogP contribution in [0.5, 0.6) is 0 Å². The van der Waals surface area contributed by atoms with Crippen LogP contribution in [0.15, 0.2) is 40.2 Å². The largest absolute Gasteiger partial charge is 0.312 e. The van der Waals surface area contributed by atoms with E-state index in [1.807, 2.05) is 11.3 Å². The van der Waals surface area contributed by atoms with Gasteiger partial charge >= 0.3 is 0 Å². The highest BCUT2D eigenvalue weighted by Gasteiger charge is 2.28. The van der Waals surface area contributed by atoms with Crippen LogP contribution in [0.1, 0.15) is 34.4 Å². The van der Waals surface area contributed by atoms with E-state index in [9.17, 15) is 0 Å². The maximum Gasteiger partial charge on any atom is 0.0701 e. The lowest BCUT2D eigenvalue weighted by molar-refractivity contribution is 0.457. The fourth-order valence-corrected chi connectivity index (χ4v) is 4.30. The molecule has 0 aliphatic heterocycles. The lowest BCUT2D eigenvalue weighted by Gasteiger charge is -2.32. The van der Waals surface area contributed by atoms with Gasteiger partial charge in [0, 0.05) is 10.9 Å². The molecule has 0 saturated heterocycles. The Balaban J connectivity index is 1.73. The summed E-state index contributed by atoms with van der Waals surface area (Å²) < 4.78 is 1.21. The summed E-state index contributed by atoms with van der Waals surface area (Å²) >= 11 is 5.38. The standard InChI is InChI=1S/C15H16BrNS/c1-17-13(14-6-7-15(16)18-14)9-11-8-10-4-2-3-5-12(10)11/h2-7,11,13,17H,8-9H2,1H3. The number of halogens is 1. The molecule has 1 nitrogen and oxygen atoms in total. The smallest absolute Gasteiger partial charge is 0.0701 e. The fraction of sp³-hybridized carbons (Fsp3) is 0.333. The predicted molar refractivity (Wildman–Crippen MR) is 81.3 cm³/mol. The van der Waals surface area contributed by atoms with Crippen LogP contribution in [0.4, 0.5) is 0 Å². The average Bonchev–Trinajstić information content (AvgIpc) is 2.77. The van der Waals surface area contributed by atoms with E-state index in [1.165, 1.54) is 27.1 Å². The van der Waals surface area contributed by atoms with Crippen molar-refractivity contribution in [3.63, 3.8) is 0 Å². The molecule has 2 unspecified atom stereocenters. The Morgan fingerprint density at radius 2 is 2.17 bits per heavy atom. The van der Waals surface area contributed by atoms with Crippen LogP contribution in [0.2, 0.25) is 0 Å². The lowest BCUT2D eigenvalue weighted by Crippen LogP contribution is -2.24. The van der Waals surface area contributed by atoms with Gasteiger partial charge in [-0.05, 0) is 65.0 Å². The van der Waals surface area contributed by atoms with Crippen LogP contribution in [0, 0.1) is 0 Å². The molecule has 18 heavy (non-hydrogen) atoms. The second kappa shape index (κ2) is 5.16. The summed E-state index contributed by atoms with van der Waals surface area (Å²) in [5.74, 6) is 0.722. The van der Waals surface area contributed by atoms with Crippen molar-refractivity contribution in [2.75, 3.05) is 7.05 Å². The number of thiophene rings is 1. The highest BCUT2D eigenvalue weighted by molar-refractivity contribution is 9.11. The van der Waals surface area contributed by atoms with Gasteiger partial charge in [0.25, 0.3) is 0 Å². The van der Waals surface area contributed by atoms with Crippen LogP contribution in [-0.2, 0) is 6.42 Å². The first-order valence-electron chi connectivity index (χ1n) is 6.28. The van der Waals surface area contributed by atoms with E-state index in [4.69, 9.17) is 0 Å². The number of benzene rings is 1. The molecule has 2 aromatic rings. The SMILES string of the molecule is CNC(CC1Cc2ccccc21)c1ccc(Br)s1. The maximum atomic E-state index is 3.54. The van der Waals surface area contributed by atoms with E-state index >= 15 is 0 Å². The normalized spacial score (nSPS) is 19.1. The van der Waals surface area contributed by atoms with E-state index in [0.29, 0.717) is 6.04 Å². The van der Waals surface area contributed by atoms with Crippen LogP contribution in [0.25, 0.3) is 0 Å². The van der Waals surface area contributed by atoms with Crippen LogP contribution < -0.4 is 5.32 Å². The third kappa shape index (κ3) is 2.27. The first kappa shape index (κ1) is 12.4. The van der Waals surface area contributed by atoms with Gasteiger partial charge < -0.3 is 5.32 Å². The molecule has 1 aliphatic rings. The van der Waals surface area contributed by atoms with Gasteiger partial charge in [-0.3, -0.25) is 0 Å². The number of hydrogen-bond donors (Lipinski definition) is 1. The van der Waals surface area contributed by atoms with E-state index in [0.717, 1.165) is 5.92 Å². The van der Waals surface area contributed by atoms with Crippen molar-refractivity contribution in [1.82, 2.24) is 5.32 Å². The van der Waals surface area contributed by atoms with Gasteiger partial charge in [-0.25, -0.2) is 0 Å². The van der Waals surface area contributed by atoms with Gasteiger partial charge in [0.2, 0.25) is 0 Å². The topological polar surface area (TPSA) is 12.0 Å². The van der Waals surface area contributed by atoms with E-state index < -0.39 is 0 Å². The molecule has 0 radical (unpaired) electrons. The van der Waals surface area contributed by atoms with Gasteiger partial charge in [0.15, 0.2) is 0 Å². The van der Waals surface area contributed by atoms with Crippen molar-refractivity contribution in [1.29, 1.82) is 0 Å². The molecule has 0 bridgehead atoms. The van der Waals surface area contributed by atoms with E-state index in [1.54, 1.807) is 5.56 Å². The Labute approximate surface area is 120 Å². The number of nitrogens with one attached hydrogen (secondary N) is 1. The Hall–Kier alpha value is -0.640. The zero-order chi connectivity index (χ0) is 12.5. The summed E-state index contributed by atoms with van der Waals surface area (Å²) in [6, 6.07) is 13.7. The minimum atomic E-state index is 0.472. The van der Waals surface area contributed by atoms with Crippen LogP contribution in [0.3, 0.4) is 0 Å². The first-order chi connectivity index (χ1) is 8.78. The summed E-state index contributed by atoms with van der Waals surface area (Å²) in [7, 11) is 2.06. The van der Waals surface area contributed by atoms with Gasteiger partial charge in [-0.1, -0.05) is 24.3 Å². The van der Waals surface area contributed by atoms with Crippen molar-refractivity contribution >= 4 is 27.3 Å². The lowest BCUT2D eigenvalue weighted by atomic mass is 9.74. The van der Waals surface area contributed by atoms with Crippen LogP contribution >= 0.6 is 27.3 Å². The third-order valence-corrected chi connectivity index (χ3v) is 5.50. The molecule has 94 valence electrons. The van der Waals surface area contributed by atoms with Gasteiger partial charge in [-0.2, -0.15) is 0 Å². The second-order valence-electron chi connectivity index (χ2n) is 4.82. The third-order valence-electron chi connectivity index (χ3n) is 3.77. The molecule has 0 spiro atoms. The second-order valence-corrected chi connectivity index (χ2v) is 7.31. The minimum absolute atomic E-state index is 0.472. The minimum Gasteiger partial charge on any atom is -0.312 e. The van der Waals surface area contributed by atoms with Crippen molar-refractivity contribution in [3.8, 4) is 0 Å². The molecule has 0 amide bonds. The van der Waals surface area contributed by atoms with Gasteiger partial charge in [0.05, 0.1) is 3.79 Å². The first-order valence-corrected chi connectivity index (χ1v) is 7.89. The van der Waals surface area contributed by atoms with Crippen molar-refractivity contribution in [2.24, 2.45) is 0 Å². The van der Waals surface area contributed by atoms with Gasteiger partial charge in [0.1, 0.15) is 0 Å². The summed E-state index contributed by atoms with van der Waals surface area (Å²) in [6.07, 6.45) is 2.43. The molecule has 1 aromatic heterocycles. The summed E-state index contributed by atoms with van der Waals surface area (Å²) in [5.41, 5.74) is 3.08. The van der Waals surface area contributed by atoms with E-state index in [-0.39, 0.29) is 0 Å². The Morgan fingerprint density at radius 3 is 2.83 bits per heavy atom. The summed E-state index contributed by atoms with van der Waals surface area (Å²) in [6.45, 7) is 0. The molecule has 1 aliphatic carbocycles. The molecule has 0 saturated carbocycles. The Bertz CT molecular complexity index is 549. The zero-order valence-electron chi connectivity index (χ0n) is 10.3. The molecular weight excluding hydrogens is 306 g/mol. The average molecular weight is 322 g/mol. The Kier molecular flexibility index (Phi) is 3.55. The predicted octanol–water partition coefficient (Wildman–Crippen LogP) is 4.50. The Morgan fingerprint density at radius 1 is 1.33 bits per heavy atom. The molecule has 3 rings (SSSR count). The van der Waals surface area contributed by atoms with Crippen molar-refractivity contribution in [3.05, 3.63) is 56.2 Å². The monoisotopic (exact) mass is 321 g/mol. The molecule has 3 heteroatoms. The molecular formula is C15H16BrNS. The number of rotatable bonds is 4. The van der Waals surface area contributed by atoms with Crippen molar-refractivity contribution < 1.29 is 0 Å². The van der Waals surface area contributed by atoms with E-state index in [2.05, 4.69) is 64.7 Å². The van der Waals surface area contributed by atoms with Gasteiger partial charge in [-0.15, -0.1) is 11.3 Å². The highest BCUT2D eigenvalue weighted by Crippen LogP contribution is 2.41.